The average Bonchev–Trinajstić information content (AvgIpc) is 2.98. The van der Waals surface area contributed by atoms with Gasteiger partial charge in [-0.2, -0.15) is 0 Å². The van der Waals surface area contributed by atoms with Crippen molar-refractivity contribution in [3.8, 4) is 0 Å². The minimum atomic E-state index is -1.38. The van der Waals surface area contributed by atoms with Crippen molar-refractivity contribution < 1.29 is 24.6 Å². The number of carboxylic acid groups (broad SMARTS) is 2. The van der Waals surface area contributed by atoms with Crippen molar-refractivity contribution in [3.05, 3.63) is 92.2 Å². The molecule has 0 radical (unpaired) electrons. The molecule has 1 amide bonds. The molecule has 1 fully saturated rings. The molecule has 2 aliphatic rings. The number of allylic oxidation sites excluding steroid dienone is 1. The molecule has 7 N–H and O–H groups in total. The predicted octanol–water partition coefficient (Wildman–Crippen LogP) is 4.38. The topological polar surface area (TPSA) is 175 Å². The maximum Gasteiger partial charge on any atom is 0.334 e. The zero-order valence-corrected chi connectivity index (χ0v) is 28.3. The number of guanidine groups is 1. The molecule has 0 saturated carbocycles. The van der Waals surface area contributed by atoms with E-state index in [0.29, 0.717) is 44.7 Å². The first-order valence-corrected chi connectivity index (χ1v) is 15.0. The molecule has 0 spiro atoms. The highest BCUT2D eigenvalue weighted by Gasteiger charge is 2.41. The number of amides is 1. The Labute approximate surface area is 290 Å². The minimum absolute atomic E-state index is 0. The van der Waals surface area contributed by atoms with Gasteiger partial charge >= 0.3 is 11.9 Å². The summed E-state index contributed by atoms with van der Waals surface area (Å²) in [5.74, 6) is -4.31. The Bertz CT molecular complexity index is 1490. The van der Waals surface area contributed by atoms with Gasteiger partial charge in [-0.05, 0) is 37.0 Å². The molecule has 46 heavy (non-hydrogen) atoms. The molecule has 0 aliphatic carbocycles. The van der Waals surface area contributed by atoms with Gasteiger partial charge in [-0.15, -0.1) is 24.8 Å². The summed E-state index contributed by atoms with van der Waals surface area (Å²) in [7, 11) is 0. The molecule has 2 heterocycles. The second-order valence-electron chi connectivity index (χ2n) is 10.6. The second kappa shape index (κ2) is 17.4. The Morgan fingerprint density at radius 3 is 1.98 bits per heavy atom. The van der Waals surface area contributed by atoms with Gasteiger partial charge in [0.1, 0.15) is 6.17 Å². The average molecular weight is 716 g/mol. The van der Waals surface area contributed by atoms with E-state index < -0.39 is 17.9 Å². The van der Waals surface area contributed by atoms with Crippen molar-refractivity contribution in [3.63, 3.8) is 0 Å². The summed E-state index contributed by atoms with van der Waals surface area (Å²) in [6.45, 7) is 3.81. The zero-order chi connectivity index (χ0) is 32.0. The Balaban J connectivity index is 0.00000368. The van der Waals surface area contributed by atoms with Gasteiger partial charge < -0.3 is 31.9 Å². The standard InChI is InChI=1S/C31H36Cl2N6O5.2ClH/c1-2-23(37-31(34)35)38-13-15-39(16-14-38)24(40)17-22-27(30(43)44)28(25-19(32)9-6-10-20(25)33)26(29(41)42)21(36-22)12-11-18-7-4-3-5-8-18;;/h3-10,23,28,36H,2,11-17H2,1H3,(H,41,42)(H,43,44)(H4,34,35,37);2*1H. The number of dihydropyridines is 1. The van der Waals surface area contributed by atoms with E-state index in [1.165, 1.54) is 12.1 Å². The van der Waals surface area contributed by atoms with Gasteiger partial charge in [0, 0.05) is 53.2 Å². The van der Waals surface area contributed by atoms with Gasteiger partial charge in [0.2, 0.25) is 5.91 Å². The number of benzene rings is 2. The quantitative estimate of drug-likeness (QED) is 0.167. The van der Waals surface area contributed by atoms with E-state index in [4.69, 9.17) is 34.7 Å². The van der Waals surface area contributed by atoms with Crippen molar-refractivity contribution in [1.82, 2.24) is 15.1 Å². The number of aryl methyl sites for hydroxylation is 1. The van der Waals surface area contributed by atoms with Crippen LogP contribution in [0.25, 0.3) is 0 Å². The molecule has 2 aromatic rings. The molecule has 2 aliphatic heterocycles. The number of carboxylic acids is 2. The third-order valence-electron chi connectivity index (χ3n) is 7.86. The Kier molecular flexibility index (Phi) is 14.7. The summed E-state index contributed by atoms with van der Waals surface area (Å²) >= 11 is 13.1. The van der Waals surface area contributed by atoms with Gasteiger partial charge in [-0.3, -0.25) is 9.69 Å². The van der Waals surface area contributed by atoms with Crippen LogP contribution in [0.5, 0.6) is 0 Å². The molecule has 1 saturated heterocycles. The van der Waals surface area contributed by atoms with E-state index >= 15 is 0 Å². The summed E-state index contributed by atoms with van der Waals surface area (Å²) in [5, 5.41) is 24.2. The summed E-state index contributed by atoms with van der Waals surface area (Å²) in [6.07, 6.45) is 0.930. The number of hydrogen-bond donors (Lipinski definition) is 5. The van der Waals surface area contributed by atoms with Crippen LogP contribution in [0.3, 0.4) is 0 Å². The maximum atomic E-state index is 13.6. The third kappa shape index (κ3) is 9.07. The fourth-order valence-corrected chi connectivity index (χ4v) is 6.39. The van der Waals surface area contributed by atoms with Crippen LogP contribution in [0.2, 0.25) is 10.0 Å². The number of halogens is 4. The molecule has 250 valence electrons. The van der Waals surface area contributed by atoms with Crippen molar-refractivity contribution in [2.45, 2.75) is 44.7 Å². The first-order chi connectivity index (χ1) is 21.0. The molecule has 2 atom stereocenters. The molecule has 0 aromatic heterocycles. The number of aliphatic carboxylic acids is 2. The number of carbonyl (C=O) groups excluding carboxylic acids is 1. The summed E-state index contributed by atoms with van der Waals surface area (Å²) in [5.41, 5.74) is 12.2. The molecule has 15 heteroatoms. The van der Waals surface area contributed by atoms with Crippen LogP contribution in [0.1, 0.15) is 43.2 Å². The number of aliphatic imine (C=N–C) groups is 1. The maximum absolute atomic E-state index is 13.6. The lowest BCUT2D eigenvalue weighted by Crippen LogP contribution is -2.52. The van der Waals surface area contributed by atoms with Gasteiger partial charge in [-0.1, -0.05) is 66.5 Å². The SMILES string of the molecule is CCC(N=C(N)N)N1CCN(C(=O)CC2=C(C(=O)O)C(c3c(Cl)cccc3Cl)C(C(=O)O)=C(CCc3ccccc3)N2)CC1.Cl.Cl. The molecular weight excluding hydrogens is 678 g/mol. The lowest BCUT2D eigenvalue weighted by Gasteiger charge is -2.38. The highest BCUT2D eigenvalue weighted by atomic mass is 35.5. The number of rotatable bonds is 11. The molecular formula is C31H38Cl4N6O5. The Hall–Kier alpha value is -3.48. The van der Waals surface area contributed by atoms with Crippen LogP contribution in [-0.2, 0) is 20.8 Å². The number of nitrogens with two attached hydrogens (primary N) is 2. The minimum Gasteiger partial charge on any atom is -0.478 e. The lowest BCUT2D eigenvalue weighted by atomic mass is 9.78. The summed E-state index contributed by atoms with van der Waals surface area (Å²) < 4.78 is 0. The van der Waals surface area contributed by atoms with E-state index in [-0.39, 0.29) is 88.1 Å². The normalized spacial score (nSPS) is 17.3. The number of hydrogen-bond acceptors (Lipinski definition) is 6. The molecule has 0 bridgehead atoms. The Morgan fingerprint density at radius 1 is 0.891 bits per heavy atom. The molecule has 2 aromatic carbocycles. The van der Waals surface area contributed by atoms with Crippen LogP contribution in [0.4, 0.5) is 0 Å². The number of piperazine rings is 1. The van der Waals surface area contributed by atoms with Crippen LogP contribution in [-0.4, -0.2) is 76.2 Å². The Morgan fingerprint density at radius 2 is 1.46 bits per heavy atom. The first-order valence-electron chi connectivity index (χ1n) is 14.3. The molecule has 11 nitrogen and oxygen atoms in total. The van der Waals surface area contributed by atoms with E-state index in [2.05, 4.69) is 15.2 Å². The number of nitrogens with one attached hydrogen (secondary N) is 1. The van der Waals surface area contributed by atoms with Crippen LogP contribution >= 0.6 is 48.0 Å². The van der Waals surface area contributed by atoms with Gasteiger partial charge in [0.15, 0.2) is 5.96 Å². The highest BCUT2D eigenvalue weighted by molar-refractivity contribution is 6.36. The van der Waals surface area contributed by atoms with Crippen molar-refractivity contribution in [2.24, 2.45) is 16.5 Å². The van der Waals surface area contributed by atoms with Gasteiger partial charge in [-0.25, -0.2) is 14.6 Å². The molecule has 2 unspecified atom stereocenters. The smallest absolute Gasteiger partial charge is 0.334 e. The van der Waals surface area contributed by atoms with Crippen LogP contribution in [0, 0.1) is 0 Å². The van der Waals surface area contributed by atoms with Gasteiger partial charge in [0.25, 0.3) is 0 Å². The van der Waals surface area contributed by atoms with E-state index in [9.17, 15) is 24.6 Å². The number of carbonyl (C=O) groups is 3. The van der Waals surface area contributed by atoms with E-state index in [1.54, 1.807) is 11.0 Å². The lowest BCUT2D eigenvalue weighted by molar-refractivity contribution is -0.133. The largest absolute Gasteiger partial charge is 0.478 e. The second-order valence-corrected chi connectivity index (χ2v) is 11.4. The summed E-state index contributed by atoms with van der Waals surface area (Å²) in [4.78, 5) is 47.3. The predicted molar refractivity (Wildman–Crippen MR) is 184 cm³/mol. The fraction of sp³-hybridized carbons (Fsp3) is 0.355. The van der Waals surface area contributed by atoms with Crippen molar-refractivity contribution >= 4 is 71.8 Å². The first kappa shape index (κ1) is 38.7. The van der Waals surface area contributed by atoms with Crippen LogP contribution < -0.4 is 16.8 Å². The highest BCUT2D eigenvalue weighted by Crippen LogP contribution is 2.45. The zero-order valence-electron chi connectivity index (χ0n) is 25.1. The van der Waals surface area contributed by atoms with Gasteiger partial charge in [0.05, 0.1) is 23.5 Å². The van der Waals surface area contributed by atoms with Crippen molar-refractivity contribution in [1.29, 1.82) is 0 Å². The monoisotopic (exact) mass is 714 g/mol. The van der Waals surface area contributed by atoms with Crippen molar-refractivity contribution in [2.75, 3.05) is 26.2 Å². The number of nitrogens with zero attached hydrogens (tertiary/aromatic N) is 3. The summed E-state index contributed by atoms with van der Waals surface area (Å²) in [6, 6.07) is 14.2. The van der Waals surface area contributed by atoms with E-state index in [0.717, 1.165) is 5.56 Å². The third-order valence-corrected chi connectivity index (χ3v) is 8.52. The molecule has 4 rings (SSSR count). The fourth-order valence-electron chi connectivity index (χ4n) is 5.78. The van der Waals surface area contributed by atoms with Crippen LogP contribution in [0.15, 0.2) is 76.1 Å². The van der Waals surface area contributed by atoms with E-state index in [1.807, 2.05) is 37.3 Å².